The van der Waals surface area contributed by atoms with Crippen LogP contribution >= 0.6 is 0 Å². The molecule has 4 heterocycles. The lowest BCUT2D eigenvalue weighted by atomic mass is 10.0. The second kappa shape index (κ2) is 18.7. The summed E-state index contributed by atoms with van der Waals surface area (Å²) in [6.07, 6.45) is -4.12. The maximum absolute atomic E-state index is 13.3. The van der Waals surface area contributed by atoms with Gasteiger partial charge in [-0.3, -0.25) is 34.3 Å². The molecule has 17 heteroatoms. The molecule has 1 aromatic heterocycles. The molecule has 14 nitrogen and oxygen atoms in total. The number of nitrogens with zero attached hydrogens (tertiary/aromatic N) is 7. The number of halogens is 3. The van der Waals surface area contributed by atoms with E-state index in [1.54, 1.807) is 14.0 Å². The van der Waals surface area contributed by atoms with E-state index < -0.39 is 41.1 Å². The molecular weight excluding hydrogens is 756 g/mol. The van der Waals surface area contributed by atoms with Gasteiger partial charge in [-0.25, -0.2) is 4.98 Å². The van der Waals surface area contributed by atoms with E-state index in [2.05, 4.69) is 30.2 Å². The number of likely N-dealkylation sites (N-methyl/N-ethyl adjacent to an activating group) is 1. The standard InChI is InChI=1S/C41H48F3N9O5/c1-28(39(56)47-31-7-6-29(26-45)34(24-31)41(42,43)44)27-58-33-10-8-32(9-11-33)52-20-16-50(17-21-52)14-15-51-18-22-53(23-19-51)36-5-3-4-30(46-36)25-38(55)49(2)35-12-13-37(54)48-40(35)57/h3-11,24,28,35H,12-23,25,27H2,1-2H3,(H,47,56)(H,48,54,57)/t28-,35?/m1/s1. The van der Waals surface area contributed by atoms with E-state index in [1.807, 2.05) is 42.5 Å². The molecule has 0 radical (unpaired) electrons. The van der Waals surface area contributed by atoms with Crippen molar-refractivity contribution in [2.24, 2.45) is 5.92 Å². The molecule has 2 aromatic carbocycles. The number of hydrogen-bond acceptors (Lipinski definition) is 11. The average Bonchev–Trinajstić information content (AvgIpc) is 3.22. The third-order valence-electron chi connectivity index (χ3n) is 10.9. The van der Waals surface area contributed by atoms with Gasteiger partial charge < -0.3 is 24.8 Å². The molecule has 3 aliphatic rings. The molecule has 2 atom stereocenters. The van der Waals surface area contributed by atoms with Crippen molar-refractivity contribution in [3.8, 4) is 11.8 Å². The Morgan fingerprint density at radius 2 is 1.62 bits per heavy atom. The first-order valence-corrected chi connectivity index (χ1v) is 19.4. The van der Waals surface area contributed by atoms with Crippen LogP contribution in [0.2, 0.25) is 0 Å². The number of nitriles is 1. The van der Waals surface area contributed by atoms with E-state index in [-0.39, 0.29) is 37.0 Å². The molecule has 0 spiro atoms. The first-order chi connectivity index (χ1) is 27.8. The zero-order valence-corrected chi connectivity index (χ0v) is 32.6. The van der Waals surface area contributed by atoms with E-state index in [1.165, 1.54) is 17.0 Å². The number of alkyl halides is 3. The molecule has 6 rings (SSSR count). The van der Waals surface area contributed by atoms with Crippen molar-refractivity contribution in [2.45, 2.75) is 38.4 Å². The monoisotopic (exact) mass is 803 g/mol. The number of nitrogens with one attached hydrogen (secondary N) is 2. The van der Waals surface area contributed by atoms with Crippen LogP contribution in [0.4, 0.5) is 30.4 Å². The van der Waals surface area contributed by atoms with Gasteiger partial charge in [-0.15, -0.1) is 0 Å². The summed E-state index contributed by atoms with van der Waals surface area (Å²) < 4.78 is 45.7. The quantitative estimate of drug-likeness (QED) is 0.245. The van der Waals surface area contributed by atoms with Crippen LogP contribution in [0.5, 0.6) is 5.75 Å². The molecule has 0 bridgehead atoms. The Hall–Kier alpha value is -5.73. The molecular formula is C41H48F3N9O5. The lowest BCUT2D eigenvalue weighted by Crippen LogP contribution is -2.53. The molecule has 3 aliphatic heterocycles. The van der Waals surface area contributed by atoms with Gasteiger partial charge in [0.2, 0.25) is 23.6 Å². The molecule has 3 saturated heterocycles. The van der Waals surface area contributed by atoms with E-state index in [4.69, 9.17) is 15.0 Å². The number of piperazine rings is 2. The van der Waals surface area contributed by atoms with Gasteiger partial charge in [-0.2, -0.15) is 18.4 Å². The van der Waals surface area contributed by atoms with Gasteiger partial charge in [0.15, 0.2) is 0 Å². The first kappa shape index (κ1) is 41.9. The first-order valence-electron chi connectivity index (χ1n) is 19.4. The largest absolute Gasteiger partial charge is 0.493 e. The van der Waals surface area contributed by atoms with Crippen LogP contribution in [-0.2, 0) is 31.8 Å². The zero-order chi connectivity index (χ0) is 41.4. The summed E-state index contributed by atoms with van der Waals surface area (Å²) in [6, 6.07) is 17.3. The number of anilines is 3. The van der Waals surface area contributed by atoms with Crippen LogP contribution in [0.1, 0.15) is 36.6 Å². The number of imide groups is 1. The Bertz CT molecular complexity index is 1990. The normalized spacial score (nSPS) is 18.6. The number of ether oxygens (including phenoxy) is 1. The molecule has 0 aliphatic carbocycles. The second-order valence-electron chi connectivity index (χ2n) is 14.9. The van der Waals surface area contributed by atoms with Crippen LogP contribution < -0.4 is 25.2 Å². The van der Waals surface area contributed by atoms with Gasteiger partial charge in [0.1, 0.15) is 17.6 Å². The second-order valence-corrected chi connectivity index (χ2v) is 14.9. The molecule has 4 amide bonds. The molecule has 58 heavy (non-hydrogen) atoms. The Balaban J connectivity index is 0.877. The molecule has 3 fully saturated rings. The SMILES string of the molecule is C[C@H](COc1ccc(N2CCN(CCN3CCN(c4cccc(CC(=O)N(C)C5CCC(=O)NC5=O)n4)CC3)CC2)cc1)C(=O)Nc1ccc(C#N)c(C(F)(F)F)c1. The highest BCUT2D eigenvalue weighted by molar-refractivity contribution is 6.01. The van der Waals surface area contributed by atoms with Gasteiger partial charge in [-0.1, -0.05) is 13.0 Å². The maximum Gasteiger partial charge on any atom is 0.417 e. The van der Waals surface area contributed by atoms with Crippen molar-refractivity contribution in [1.29, 1.82) is 5.26 Å². The Morgan fingerprint density at radius 3 is 2.24 bits per heavy atom. The van der Waals surface area contributed by atoms with Crippen LogP contribution in [0.15, 0.2) is 60.7 Å². The summed E-state index contributed by atoms with van der Waals surface area (Å²) in [7, 11) is 1.59. The third kappa shape index (κ3) is 10.8. The summed E-state index contributed by atoms with van der Waals surface area (Å²) in [5.74, 6) is -0.721. The number of carbonyl (C=O) groups is 4. The molecule has 0 saturated carbocycles. The number of piperidine rings is 1. The highest BCUT2D eigenvalue weighted by Crippen LogP contribution is 2.33. The minimum absolute atomic E-state index is 0.0290. The van der Waals surface area contributed by atoms with E-state index in [0.29, 0.717) is 17.9 Å². The summed E-state index contributed by atoms with van der Waals surface area (Å²) in [6.45, 7) is 10.7. The number of carbonyl (C=O) groups excluding carboxylic acids is 4. The van der Waals surface area contributed by atoms with Crippen LogP contribution in [0, 0.1) is 17.2 Å². The maximum atomic E-state index is 13.3. The summed E-state index contributed by atoms with van der Waals surface area (Å²) in [5, 5.41) is 13.8. The molecule has 308 valence electrons. The number of hydrogen-bond donors (Lipinski definition) is 2. The van der Waals surface area contributed by atoms with Crippen LogP contribution in [0.3, 0.4) is 0 Å². The van der Waals surface area contributed by atoms with Crippen LogP contribution in [-0.4, -0.2) is 128 Å². The minimum atomic E-state index is -4.72. The predicted molar refractivity (Wildman–Crippen MR) is 210 cm³/mol. The van der Waals surface area contributed by atoms with E-state index in [9.17, 15) is 32.3 Å². The number of aromatic nitrogens is 1. The fourth-order valence-corrected chi connectivity index (χ4v) is 7.23. The summed E-state index contributed by atoms with van der Waals surface area (Å²) in [4.78, 5) is 65.0. The number of benzene rings is 2. The molecule has 3 aromatic rings. The van der Waals surface area contributed by atoms with Crippen molar-refractivity contribution in [2.75, 3.05) is 94.2 Å². The van der Waals surface area contributed by atoms with Gasteiger partial charge >= 0.3 is 6.18 Å². The van der Waals surface area contributed by atoms with Crippen molar-refractivity contribution >= 4 is 40.8 Å². The van der Waals surface area contributed by atoms with Gasteiger partial charge in [0, 0.05) is 90.3 Å². The zero-order valence-electron chi connectivity index (χ0n) is 32.6. The van der Waals surface area contributed by atoms with Crippen molar-refractivity contribution < 1.29 is 37.1 Å². The number of amides is 4. The Kier molecular flexibility index (Phi) is 13.5. The topological polar surface area (TPSA) is 154 Å². The smallest absolute Gasteiger partial charge is 0.417 e. The molecule has 2 N–H and O–H groups in total. The van der Waals surface area contributed by atoms with E-state index in [0.717, 1.165) is 89.1 Å². The fourth-order valence-electron chi connectivity index (χ4n) is 7.23. The van der Waals surface area contributed by atoms with Gasteiger partial charge in [0.05, 0.1) is 41.8 Å². The van der Waals surface area contributed by atoms with E-state index >= 15 is 0 Å². The predicted octanol–water partition coefficient (Wildman–Crippen LogP) is 3.38. The fraction of sp³-hybridized carbons (Fsp3) is 0.463. The van der Waals surface area contributed by atoms with Crippen LogP contribution in [0.25, 0.3) is 0 Å². The minimum Gasteiger partial charge on any atom is -0.493 e. The highest BCUT2D eigenvalue weighted by Gasteiger charge is 2.35. The van der Waals surface area contributed by atoms with Crippen molar-refractivity contribution in [3.05, 3.63) is 77.5 Å². The average molecular weight is 804 g/mol. The Morgan fingerprint density at radius 1 is 0.966 bits per heavy atom. The Labute approximate surface area is 335 Å². The number of pyridine rings is 1. The summed E-state index contributed by atoms with van der Waals surface area (Å²) >= 11 is 0. The van der Waals surface area contributed by atoms with Gasteiger partial charge in [0.25, 0.3) is 0 Å². The molecule has 1 unspecified atom stereocenters. The lowest BCUT2D eigenvalue weighted by Gasteiger charge is -2.39. The number of rotatable bonds is 13. The highest BCUT2D eigenvalue weighted by atomic mass is 19.4. The van der Waals surface area contributed by atoms with Gasteiger partial charge in [-0.05, 0) is 61.0 Å². The van der Waals surface area contributed by atoms with Crippen molar-refractivity contribution in [3.63, 3.8) is 0 Å². The lowest BCUT2D eigenvalue weighted by molar-refractivity contribution is -0.144. The summed E-state index contributed by atoms with van der Waals surface area (Å²) in [5.41, 5.74) is 0.0474. The third-order valence-corrected chi connectivity index (χ3v) is 10.9. The van der Waals surface area contributed by atoms with Crippen molar-refractivity contribution in [1.82, 2.24) is 25.0 Å².